The molecule has 0 unspecified atom stereocenters. The molecule has 3 heterocycles. The first-order chi connectivity index (χ1) is 8.33. The molecule has 1 aliphatic rings. The lowest BCUT2D eigenvalue weighted by Gasteiger charge is -2.24. The normalized spacial score (nSPS) is 15.0. The van der Waals surface area contributed by atoms with Gasteiger partial charge < -0.3 is 4.90 Å². The molecule has 17 heavy (non-hydrogen) atoms. The van der Waals surface area contributed by atoms with Gasteiger partial charge in [-0.15, -0.1) is 0 Å². The lowest BCUT2D eigenvalue weighted by Crippen LogP contribution is -2.27. The summed E-state index contributed by atoms with van der Waals surface area (Å²) in [5.74, 6) is 0. The molecule has 2 aromatic rings. The van der Waals surface area contributed by atoms with Crippen molar-refractivity contribution in [1.82, 2.24) is 14.9 Å². The van der Waals surface area contributed by atoms with Crippen LogP contribution in [0, 0.1) is 0 Å². The van der Waals surface area contributed by atoms with Crippen molar-refractivity contribution in [3.8, 4) is 0 Å². The number of nitrogens with zero attached hydrogens (tertiary/aromatic N) is 3. The maximum atomic E-state index is 4.68. The highest BCUT2D eigenvalue weighted by Gasteiger charge is 2.14. The second kappa shape index (κ2) is 5.23. The zero-order chi connectivity index (χ0) is 12.3. The minimum atomic E-state index is 1.01. The number of pyridine rings is 2. The third kappa shape index (κ3) is 2.44. The summed E-state index contributed by atoms with van der Waals surface area (Å²) in [7, 11) is 2.15. The topological polar surface area (TPSA) is 29.0 Å². The molecular weight excluding hydrogens is 210 g/mol. The third-order valence-corrected chi connectivity index (χ3v) is 2.95. The Labute approximate surface area is 103 Å². The first kappa shape index (κ1) is 12.0. The fraction of sp³-hybridized carbons (Fsp3) is 0.429. The summed E-state index contributed by atoms with van der Waals surface area (Å²) in [6.45, 7) is 6.11. The molecule has 3 heteroatoms. The maximum absolute atomic E-state index is 4.68. The first-order valence-electron chi connectivity index (χ1n) is 6.24. The van der Waals surface area contributed by atoms with Gasteiger partial charge in [0.05, 0.1) is 5.52 Å². The second-order valence-electron chi connectivity index (χ2n) is 4.15. The van der Waals surface area contributed by atoms with E-state index >= 15 is 0 Å². The smallest absolute Gasteiger partial charge is 0.0736 e. The predicted molar refractivity (Wildman–Crippen MR) is 70.9 cm³/mol. The van der Waals surface area contributed by atoms with Crippen LogP contribution in [-0.2, 0) is 13.0 Å². The summed E-state index contributed by atoms with van der Waals surface area (Å²) in [6.07, 6.45) is 4.75. The van der Waals surface area contributed by atoms with Crippen LogP contribution in [0.2, 0.25) is 0 Å². The number of hydrogen-bond acceptors (Lipinski definition) is 3. The maximum Gasteiger partial charge on any atom is 0.0736 e. The van der Waals surface area contributed by atoms with Gasteiger partial charge in [0, 0.05) is 43.0 Å². The van der Waals surface area contributed by atoms with Crippen molar-refractivity contribution in [3.63, 3.8) is 0 Å². The van der Waals surface area contributed by atoms with Crippen LogP contribution >= 0.6 is 0 Å². The number of likely N-dealkylation sites (N-methyl/N-ethyl adjacent to an activating group) is 1. The molecule has 3 nitrogen and oxygen atoms in total. The molecule has 1 aliphatic heterocycles. The number of fused-ring (bicyclic) bond motifs is 2. The Hall–Kier alpha value is -1.48. The molecule has 0 bridgehead atoms. The van der Waals surface area contributed by atoms with Gasteiger partial charge in [0.25, 0.3) is 0 Å². The molecule has 3 rings (SSSR count). The summed E-state index contributed by atoms with van der Waals surface area (Å²) in [5, 5.41) is 1.14. The van der Waals surface area contributed by atoms with E-state index in [0.29, 0.717) is 0 Å². The number of rotatable bonds is 0. The molecular formula is C14H19N3. The molecule has 90 valence electrons. The van der Waals surface area contributed by atoms with Crippen molar-refractivity contribution in [2.45, 2.75) is 26.8 Å². The standard InChI is InChI=1S/C12H13N3.C2H6/c1-15-5-3-12-10(8-15)6-9-7-13-4-2-11(9)14-12;1-2/h2,4,6-7H,3,5,8H2,1H3;1-2H3. The van der Waals surface area contributed by atoms with Gasteiger partial charge in [-0.1, -0.05) is 13.8 Å². The van der Waals surface area contributed by atoms with Crippen molar-refractivity contribution in [3.05, 3.63) is 35.8 Å². The van der Waals surface area contributed by atoms with Crippen LogP contribution in [0.15, 0.2) is 24.5 Å². The molecule has 0 spiro atoms. The van der Waals surface area contributed by atoms with Gasteiger partial charge in [-0.25, -0.2) is 0 Å². The highest BCUT2D eigenvalue weighted by atomic mass is 15.1. The monoisotopic (exact) mass is 229 g/mol. The fourth-order valence-electron chi connectivity index (χ4n) is 2.12. The SMILES string of the molecule is CC.CN1CCc2nc3ccncc3cc2C1. The first-order valence-corrected chi connectivity index (χ1v) is 6.24. The molecule has 0 saturated carbocycles. The van der Waals surface area contributed by atoms with Crippen LogP contribution in [0.4, 0.5) is 0 Å². The average Bonchev–Trinajstić information content (AvgIpc) is 2.38. The zero-order valence-corrected chi connectivity index (χ0v) is 10.8. The molecule has 0 amide bonds. The summed E-state index contributed by atoms with van der Waals surface area (Å²) < 4.78 is 0. The Bertz CT molecular complexity index is 508. The molecule has 0 aliphatic carbocycles. The third-order valence-electron chi connectivity index (χ3n) is 2.95. The number of hydrogen-bond donors (Lipinski definition) is 0. The van der Waals surface area contributed by atoms with Crippen molar-refractivity contribution in [2.75, 3.05) is 13.6 Å². The van der Waals surface area contributed by atoms with E-state index in [0.717, 1.165) is 30.4 Å². The lowest BCUT2D eigenvalue weighted by molar-refractivity contribution is 0.310. The van der Waals surface area contributed by atoms with Gasteiger partial charge >= 0.3 is 0 Å². The van der Waals surface area contributed by atoms with Crippen LogP contribution in [0.1, 0.15) is 25.1 Å². The van der Waals surface area contributed by atoms with E-state index in [-0.39, 0.29) is 0 Å². The van der Waals surface area contributed by atoms with Crippen LogP contribution in [-0.4, -0.2) is 28.5 Å². The molecule has 0 N–H and O–H groups in total. The Morgan fingerprint density at radius 3 is 2.94 bits per heavy atom. The largest absolute Gasteiger partial charge is 0.302 e. The van der Waals surface area contributed by atoms with Gasteiger partial charge in [0.2, 0.25) is 0 Å². The minimum absolute atomic E-state index is 1.01. The molecule has 0 saturated heterocycles. The quantitative estimate of drug-likeness (QED) is 0.695. The average molecular weight is 229 g/mol. The van der Waals surface area contributed by atoms with E-state index in [1.807, 2.05) is 26.1 Å². The van der Waals surface area contributed by atoms with E-state index in [1.165, 1.54) is 11.3 Å². The van der Waals surface area contributed by atoms with Crippen LogP contribution in [0.25, 0.3) is 10.9 Å². The van der Waals surface area contributed by atoms with Gasteiger partial charge in [0.1, 0.15) is 0 Å². The molecule has 0 atom stereocenters. The Kier molecular flexibility index (Phi) is 3.69. The summed E-state index contributed by atoms with van der Waals surface area (Å²) in [4.78, 5) is 11.1. The fourth-order valence-corrected chi connectivity index (χ4v) is 2.12. The zero-order valence-electron chi connectivity index (χ0n) is 10.8. The van der Waals surface area contributed by atoms with Crippen LogP contribution < -0.4 is 0 Å². The van der Waals surface area contributed by atoms with Crippen LogP contribution in [0.5, 0.6) is 0 Å². The molecule has 2 aromatic heterocycles. The molecule has 0 radical (unpaired) electrons. The number of aromatic nitrogens is 2. The van der Waals surface area contributed by atoms with Gasteiger partial charge in [-0.2, -0.15) is 0 Å². The van der Waals surface area contributed by atoms with Crippen molar-refractivity contribution in [2.24, 2.45) is 0 Å². The van der Waals surface area contributed by atoms with Crippen molar-refractivity contribution in [1.29, 1.82) is 0 Å². The van der Waals surface area contributed by atoms with Crippen molar-refractivity contribution < 1.29 is 0 Å². The molecule has 0 aromatic carbocycles. The van der Waals surface area contributed by atoms with E-state index in [1.54, 1.807) is 6.20 Å². The second-order valence-corrected chi connectivity index (χ2v) is 4.15. The Balaban J connectivity index is 0.000000514. The Morgan fingerprint density at radius 2 is 2.12 bits per heavy atom. The van der Waals surface area contributed by atoms with E-state index in [4.69, 9.17) is 0 Å². The summed E-state index contributed by atoms with van der Waals surface area (Å²) in [5.41, 5.74) is 3.67. The van der Waals surface area contributed by atoms with E-state index < -0.39 is 0 Å². The van der Waals surface area contributed by atoms with Gasteiger partial charge in [-0.05, 0) is 24.7 Å². The highest BCUT2D eigenvalue weighted by molar-refractivity contribution is 5.78. The summed E-state index contributed by atoms with van der Waals surface area (Å²) in [6, 6.07) is 4.20. The Morgan fingerprint density at radius 1 is 1.29 bits per heavy atom. The van der Waals surface area contributed by atoms with Gasteiger partial charge in [0.15, 0.2) is 0 Å². The van der Waals surface area contributed by atoms with Crippen LogP contribution in [0.3, 0.4) is 0 Å². The highest BCUT2D eigenvalue weighted by Crippen LogP contribution is 2.20. The summed E-state index contributed by atoms with van der Waals surface area (Å²) >= 11 is 0. The van der Waals surface area contributed by atoms with Gasteiger partial charge in [-0.3, -0.25) is 9.97 Å². The minimum Gasteiger partial charge on any atom is -0.302 e. The van der Waals surface area contributed by atoms with Crippen molar-refractivity contribution >= 4 is 10.9 Å². The molecule has 0 fully saturated rings. The predicted octanol–water partition coefficient (Wildman–Crippen LogP) is 2.64. The lowest BCUT2D eigenvalue weighted by atomic mass is 10.0. The van der Waals surface area contributed by atoms with E-state index in [9.17, 15) is 0 Å². The van der Waals surface area contributed by atoms with E-state index in [2.05, 4.69) is 28.0 Å².